The van der Waals surface area contributed by atoms with Gasteiger partial charge in [0.1, 0.15) is 23.2 Å². The van der Waals surface area contributed by atoms with Gasteiger partial charge in [0.15, 0.2) is 5.82 Å². The minimum absolute atomic E-state index is 0.145. The van der Waals surface area contributed by atoms with Gasteiger partial charge in [0.05, 0.1) is 34.4 Å². The van der Waals surface area contributed by atoms with E-state index in [0.717, 1.165) is 67.9 Å². The van der Waals surface area contributed by atoms with Crippen LogP contribution in [0, 0.1) is 13.8 Å². The lowest BCUT2D eigenvalue weighted by Gasteiger charge is -2.20. The fraction of sp³-hybridized carbons (Fsp3) is 0.162. The van der Waals surface area contributed by atoms with Crippen LogP contribution in [-0.4, -0.2) is 95.3 Å². The number of aromatic nitrogens is 9. The van der Waals surface area contributed by atoms with Gasteiger partial charge in [-0.1, -0.05) is 99.9 Å². The van der Waals surface area contributed by atoms with Gasteiger partial charge in [-0.05, 0) is 171 Å². The molecule has 0 bridgehead atoms. The minimum Gasteiger partial charge on any atom is -0.497 e. The molecule has 2 aliphatic heterocycles. The fourth-order valence-electron chi connectivity index (χ4n) is 9.87. The maximum atomic E-state index is 12.5. The van der Waals surface area contributed by atoms with E-state index >= 15 is 0 Å². The Kier molecular flexibility index (Phi) is 20.0. The maximum Gasteiger partial charge on any atom is 0.488 e. The Morgan fingerprint density at radius 1 is 0.500 bits per heavy atom. The van der Waals surface area contributed by atoms with Crippen molar-refractivity contribution in [2.24, 2.45) is 0 Å². The van der Waals surface area contributed by atoms with E-state index in [1.807, 2.05) is 79.0 Å². The first kappa shape index (κ1) is 59.6. The standard InChI is InChI=1S/C24H22N4.C20H15N3O.C13H8BrN3O.C7H9BO3.C4H9N/c1-17-6-4-7-18(14-17)19-9-10-22-21(15-19)24(28-12-2-3-13-28)27-23(26-22)20-8-5-11-25-16-20;1-13-4-2-5-14(10-13)15-7-8-18-17(11-15)20(24)23-19(22-18)16-6-3-9-21-12-16;14-9-3-4-11-10(6-9)13(18)17-12(16-11)8-2-1-5-15-7-8;1-11-7-4-2-3-6(5-7)8(9)10;1-2-4-5-3-1/h4-11,14-16H,2-3,12-13H2,1H3;2-12H,1H3,(H,22,23,24);1-7H,(H,16,17,18);2-5,9-10H,1H3;5H,1-4H2. The van der Waals surface area contributed by atoms with Crippen molar-refractivity contribution in [2.45, 2.75) is 39.5 Å². The Bertz CT molecular complexity index is 4350. The van der Waals surface area contributed by atoms with Crippen LogP contribution in [0.1, 0.15) is 36.8 Å². The zero-order valence-corrected chi connectivity index (χ0v) is 49.4. The van der Waals surface area contributed by atoms with Crippen LogP contribution in [0.2, 0.25) is 0 Å². The Morgan fingerprint density at radius 2 is 0.988 bits per heavy atom. The summed E-state index contributed by atoms with van der Waals surface area (Å²) in [4.78, 5) is 63.7. The summed E-state index contributed by atoms with van der Waals surface area (Å²) < 4.78 is 5.74. The highest BCUT2D eigenvalue weighted by molar-refractivity contribution is 9.10. The largest absolute Gasteiger partial charge is 0.497 e. The highest BCUT2D eigenvalue weighted by atomic mass is 79.9. The van der Waals surface area contributed by atoms with Gasteiger partial charge >= 0.3 is 7.12 Å². The van der Waals surface area contributed by atoms with Gasteiger partial charge in [-0.25, -0.2) is 19.9 Å². The Labute approximate surface area is 506 Å². The van der Waals surface area contributed by atoms with Gasteiger partial charge in [-0.2, -0.15) is 0 Å². The molecule has 18 heteroatoms. The number of ether oxygens (including phenoxy) is 1. The van der Waals surface area contributed by atoms with Crippen molar-refractivity contribution in [3.05, 3.63) is 237 Å². The van der Waals surface area contributed by atoms with E-state index in [1.54, 1.807) is 67.4 Å². The number of nitrogens with one attached hydrogen (secondary N) is 3. The molecule has 2 aliphatic rings. The number of pyridine rings is 3. The summed E-state index contributed by atoms with van der Waals surface area (Å²) in [5, 5.41) is 23.0. The van der Waals surface area contributed by atoms with E-state index in [-0.39, 0.29) is 11.1 Å². The smallest absolute Gasteiger partial charge is 0.488 e. The number of fused-ring (bicyclic) bond motifs is 3. The molecule has 0 radical (unpaired) electrons. The van der Waals surface area contributed by atoms with Crippen LogP contribution in [0.25, 0.3) is 89.1 Å². The maximum absolute atomic E-state index is 12.5. The highest BCUT2D eigenvalue weighted by Gasteiger charge is 2.20. The van der Waals surface area contributed by atoms with Crippen molar-refractivity contribution in [1.82, 2.24) is 50.2 Å². The molecule has 12 aromatic rings. The van der Waals surface area contributed by atoms with Crippen LogP contribution in [-0.2, 0) is 0 Å². The van der Waals surface area contributed by atoms with Gasteiger partial charge < -0.3 is 35.0 Å². The van der Waals surface area contributed by atoms with Crippen molar-refractivity contribution < 1.29 is 14.8 Å². The predicted molar refractivity (Wildman–Crippen MR) is 348 cm³/mol. The molecule has 0 amide bonds. The number of rotatable bonds is 8. The third kappa shape index (κ3) is 15.4. The van der Waals surface area contributed by atoms with Gasteiger partial charge in [-0.15, -0.1) is 0 Å². The molecule has 430 valence electrons. The summed E-state index contributed by atoms with van der Waals surface area (Å²) in [6.45, 7) is 8.78. The zero-order chi connectivity index (χ0) is 59.8. The van der Waals surface area contributed by atoms with Crippen LogP contribution in [0.5, 0.6) is 5.75 Å². The molecule has 2 fully saturated rings. The number of nitrogens with zero attached hydrogens (tertiary/aromatic N) is 8. The second kappa shape index (κ2) is 28.8. The number of methoxy groups -OCH3 is 1. The molecule has 16 nitrogen and oxygen atoms in total. The van der Waals surface area contributed by atoms with Crippen molar-refractivity contribution in [3.8, 4) is 62.2 Å². The summed E-state index contributed by atoms with van der Waals surface area (Å²) in [7, 11) is 0.105. The molecule has 14 rings (SSSR count). The molecule has 8 heterocycles. The summed E-state index contributed by atoms with van der Waals surface area (Å²) in [6, 6.07) is 52.5. The third-order valence-electron chi connectivity index (χ3n) is 14.3. The van der Waals surface area contributed by atoms with Crippen LogP contribution >= 0.6 is 15.9 Å². The first-order chi connectivity index (χ1) is 42.0. The number of aromatic amines is 2. The molecule has 5 N–H and O–H groups in total. The lowest BCUT2D eigenvalue weighted by atomic mass is 9.80. The average molecular weight is 1210 g/mol. The first-order valence-corrected chi connectivity index (χ1v) is 29.1. The van der Waals surface area contributed by atoms with Gasteiger partial charge in [0, 0.05) is 76.8 Å². The Hall–Kier alpha value is -9.59. The van der Waals surface area contributed by atoms with E-state index in [9.17, 15) is 9.59 Å². The predicted octanol–water partition coefficient (Wildman–Crippen LogP) is 11.7. The molecular formula is C68H63BBrN11O5. The molecule has 6 aromatic heterocycles. The number of benzene rings is 6. The van der Waals surface area contributed by atoms with E-state index < -0.39 is 7.12 Å². The topological polar surface area (TPSA) is 221 Å². The number of hydrogen-bond acceptors (Lipinski definition) is 14. The molecule has 0 spiro atoms. The third-order valence-corrected chi connectivity index (χ3v) is 14.8. The lowest BCUT2D eigenvalue weighted by Crippen LogP contribution is -2.29. The SMILES string of the molecule is C1CCNC1.COc1cccc(B(O)O)c1.Cc1cccc(-c2ccc3nc(-c4cccnc4)[nH]c(=O)c3c2)c1.Cc1cccc(-c2ccc3nc(-c4cccnc4)nc(N4CCCC4)c3c2)c1.O=c1[nH]c(-c2cccnc2)nc2ccc(Br)cc12. The number of H-pyrrole nitrogens is 2. The van der Waals surface area contributed by atoms with Crippen LogP contribution in [0.4, 0.5) is 5.82 Å². The first-order valence-electron chi connectivity index (χ1n) is 28.3. The monoisotopic (exact) mass is 1200 g/mol. The normalized spacial score (nSPS) is 12.4. The van der Waals surface area contributed by atoms with Gasteiger partial charge in [0.25, 0.3) is 11.1 Å². The van der Waals surface area contributed by atoms with Gasteiger partial charge in [-0.3, -0.25) is 24.5 Å². The number of aryl methyl sites for hydroxylation is 2. The summed E-state index contributed by atoms with van der Waals surface area (Å²) in [6.07, 6.45) is 15.5. The second-order valence-electron chi connectivity index (χ2n) is 20.6. The lowest BCUT2D eigenvalue weighted by molar-refractivity contribution is 0.412. The number of hydrogen-bond donors (Lipinski definition) is 5. The molecule has 0 atom stereocenters. The van der Waals surface area contributed by atoms with Crippen LogP contribution in [0.3, 0.4) is 0 Å². The summed E-state index contributed by atoms with van der Waals surface area (Å²) >= 11 is 3.34. The Balaban J connectivity index is 0.000000129. The van der Waals surface area contributed by atoms with Crippen LogP contribution in [0.15, 0.2) is 215 Å². The summed E-state index contributed by atoms with van der Waals surface area (Å²) in [5.74, 6) is 3.46. The highest BCUT2D eigenvalue weighted by Crippen LogP contribution is 2.33. The van der Waals surface area contributed by atoms with E-state index in [1.165, 1.54) is 68.1 Å². The Morgan fingerprint density at radius 3 is 1.49 bits per heavy atom. The molecule has 0 saturated carbocycles. The fourth-order valence-corrected chi connectivity index (χ4v) is 10.2. The zero-order valence-electron chi connectivity index (χ0n) is 47.9. The second-order valence-corrected chi connectivity index (χ2v) is 21.5. The van der Waals surface area contributed by atoms with Crippen molar-refractivity contribution in [3.63, 3.8) is 0 Å². The minimum atomic E-state index is -1.43. The van der Waals surface area contributed by atoms with Gasteiger partial charge in [0.2, 0.25) is 0 Å². The molecule has 6 aromatic carbocycles. The molecule has 0 unspecified atom stereocenters. The molecule has 2 saturated heterocycles. The van der Waals surface area contributed by atoms with Crippen molar-refractivity contribution >= 4 is 67.0 Å². The quantitative estimate of drug-likeness (QED) is 0.0894. The van der Waals surface area contributed by atoms with E-state index in [4.69, 9.17) is 24.8 Å². The molecule has 0 aliphatic carbocycles. The van der Waals surface area contributed by atoms with Crippen molar-refractivity contribution in [2.75, 3.05) is 38.2 Å². The van der Waals surface area contributed by atoms with Crippen molar-refractivity contribution in [1.29, 1.82) is 0 Å². The number of halogens is 1. The molecular weight excluding hydrogens is 1140 g/mol. The van der Waals surface area contributed by atoms with E-state index in [0.29, 0.717) is 44.7 Å². The number of anilines is 1. The van der Waals surface area contributed by atoms with E-state index in [2.05, 4.69) is 129 Å². The average Bonchev–Trinajstić information content (AvgIpc) is 4.24. The summed E-state index contributed by atoms with van der Waals surface area (Å²) in [5.41, 5.74) is 12.0. The van der Waals surface area contributed by atoms with Crippen LogP contribution < -0.4 is 31.5 Å². The molecule has 86 heavy (non-hydrogen) atoms.